The van der Waals surface area contributed by atoms with Gasteiger partial charge in [0.1, 0.15) is 5.75 Å². The number of esters is 1. The predicted molar refractivity (Wildman–Crippen MR) is 82.6 cm³/mol. The summed E-state index contributed by atoms with van der Waals surface area (Å²) in [7, 11) is 0. The molecule has 0 unspecified atom stereocenters. The number of carbonyl (C=O) groups is 1. The Balaban J connectivity index is 0.00000162. The molecule has 102 valence electrons. The van der Waals surface area contributed by atoms with Crippen LogP contribution < -0.4 is 10.9 Å². The molecule has 0 bridgehead atoms. The number of hydrogen-bond donors (Lipinski definition) is 1. The van der Waals surface area contributed by atoms with Gasteiger partial charge in [-0.05, 0) is 36.2 Å². The molecule has 0 heterocycles. The van der Waals surface area contributed by atoms with Crippen molar-refractivity contribution in [2.24, 2.45) is 0 Å². The van der Waals surface area contributed by atoms with Crippen molar-refractivity contribution in [3.05, 3.63) is 65.7 Å². The van der Waals surface area contributed by atoms with E-state index in [0.29, 0.717) is 11.3 Å². The van der Waals surface area contributed by atoms with Crippen LogP contribution >= 0.6 is 13.5 Å². The van der Waals surface area contributed by atoms with Crippen LogP contribution in [0.15, 0.2) is 54.6 Å². The molecule has 19 heavy (non-hydrogen) atoms. The van der Waals surface area contributed by atoms with Gasteiger partial charge in [-0.2, -0.15) is 13.5 Å². The van der Waals surface area contributed by atoms with Crippen molar-refractivity contribution in [2.75, 3.05) is 0 Å². The van der Waals surface area contributed by atoms with Crippen LogP contribution in [0.4, 0.5) is 0 Å². The molecule has 0 amide bonds. The highest BCUT2D eigenvalue weighted by atomic mass is 32.1. The first-order chi connectivity index (χ1) is 8.29. The molecule has 3 N–H and O–H groups in total. The summed E-state index contributed by atoms with van der Waals surface area (Å²) in [5, 5.41) is 0. The quantitative estimate of drug-likeness (QED) is 0.686. The Morgan fingerprint density at radius 2 is 1.58 bits per heavy atom. The van der Waals surface area contributed by atoms with Crippen LogP contribution in [0.25, 0.3) is 0 Å². The molecule has 0 fully saturated rings. The molecule has 4 heteroatoms. The molecule has 0 saturated carbocycles. The van der Waals surface area contributed by atoms with Crippen LogP contribution in [0, 0.1) is 0 Å². The molecular weight excluding hydrogens is 258 g/mol. The highest BCUT2D eigenvalue weighted by molar-refractivity contribution is 7.59. The molecular formula is C15H19NO2S. The van der Waals surface area contributed by atoms with E-state index in [0.717, 1.165) is 6.42 Å². The molecule has 0 atom stereocenters. The summed E-state index contributed by atoms with van der Waals surface area (Å²) in [5.41, 5.74) is 1.79. The van der Waals surface area contributed by atoms with Crippen molar-refractivity contribution in [3.63, 3.8) is 0 Å². The summed E-state index contributed by atoms with van der Waals surface area (Å²) in [6, 6.07) is 16.5. The fraction of sp³-hybridized carbons (Fsp3) is 0.133. The molecule has 2 aromatic rings. The van der Waals surface area contributed by atoms with Crippen LogP contribution in [0.5, 0.6) is 5.75 Å². The van der Waals surface area contributed by atoms with Gasteiger partial charge < -0.3 is 10.9 Å². The van der Waals surface area contributed by atoms with Crippen molar-refractivity contribution >= 4 is 19.5 Å². The number of ether oxygens (including phenoxy) is 1. The van der Waals surface area contributed by atoms with Crippen molar-refractivity contribution < 1.29 is 9.53 Å². The Morgan fingerprint density at radius 3 is 2.11 bits per heavy atom. The first kappa shape index (κ1) is 17.2. The Bertz CT molecular complexity index is 497. The van der Waals surface area contributed by atoms with Crippen molar-refractivity contribution in [1.82, 2.24) is 6.15 Å². The fourth-order valence-corrected chi connectivity index (χ4v) is 1.53. The Labute approximate surface area is 120 Å². The van der Waals surface area contributed by atoms with Crippen LogP contribution in [-0.4, -0.2) is 5.97 Å². The maximum absolute atomic E-state index is 11.7. The molecule has 3 nitrogen and oxygen atoms in total. The smallest absolute Gasteiger partial charge is 0.343 e. The molecule has 0 aromatic heterocycles. The van der Waals surface area contributed by atoms with E-state index >= 15 is 0 Å². The van der Waals surface area contributed by atoms with Gasteiger partial charge >= 0.3 is 5.97 Å². The van der Waals surface area contributed by atoms with Gasteiger partial charge in [0.25, 0.3) is 0 Å². The highest BCUT2D eigenvalue weighted by Gasteiger charge is 2.06. The van der Waals surface area contributed by atoms with Gasteiger partial charge in [-0.1, -0.05) is 37.3 Å². The largest absolute Gasteiger partial charge is 0.423 e. The normalized spacial score (nSPS) is 8.89. The van der Waals surface area contributed by atoms with Crippen LogP contribution in [-0.2, 0) is 6.42 Å². The lowest BCUT2D eigenvalue weighted by Crippen LogP contribution is -2.07. The van der Waals surface area contributed by atoms with E-state index in [4.69, 9.17) is 4.74 Å². The van der Waals surface area contributed by atoms with E-state index in [-0.39, 0.29) is 25.6 Å². The molecule has 0 aliphatic rings. The summed E-state index contributed by atoms with van der Waals surface area (Å²) in [4.78, 5) is 11.7. The number of hydrogen-bond acceptors (Lipinski definition) is 3. The van der Waals surface area contributed by atoms with E-state index in [1.807, 2.05) is 42.5 Å². The molecule has 0 aliphatic carbocycles. The minimum atomic E-state index is -0.324. The number of carbonyl (C=O) groups excluding carboxylic acids is 1. The second kappa shape index (κ2) is 8.34. The first-order valence-electron chi connectivity index (χ1n) is 5.66. The lowest BCUT2D eigenvalue weighted by molar-refractivity contribution is 0.0734. The van der Waals surface area contributed by atoms with Crippen molar-refractivity contribution in [3.8, 4) is 5.75 Å². The van der Waals surface area contributed by atoms with E-state index in [1.165, 1.54) is 5.56 Å². The molecule has 0 aliphatic heterocycles. The zero-order chi connectivity index (χ0) is 12.1. The Hall–Kier alpha value is -1.78. The van der Waals surface area contributed by atoms with Gasteiger partial charge in [0.05, 0.1) is 5.56 Å². The lowest BCUT2D eigenvalue weighted by Gasteiger charge is -2.04. The monoisotopic (exact) mass is 277 g/mol. The summed E-state index contributed by atoms with van der Waals surface area (Å²) in [6.45, 7) is 2.09. The Morgan fingerprint density at radius 1 is 1.00 bits per heavy atom. The van der Waals surface area contributed by atoms with Gasteiger partial charge in [-0.15, -0.1) is 0 Å². The fourth-order valence-electron chi connectivity index (χ4n) is 1.53. The number of rotatable bonds is 3. The van der Waals surface area contributed by atoms with Crippen LogP contribution in [0.2, 0.25) is 0 Å². The third-order valence-corrected chi connectivity index (χ3v) is 2.55. The average Bonchev–Trinajstić information content (AvgIpc) is 2.40. The molecule has 2 rings (SSSR count). The van der Waals surface area contributed by atoms with Crippen LogP contribution in [0.3, 0.4) is 0 Å². The zero-order valence-corrected chi connectivity index (χ0v) is 11.9. The van der Waals surface area contributed by atoms with Crippen molar-refractivity contribution in [2.45, 2.75) is 13.3 Å². The van der Waals surface area contributed by atoms with E-state index in [2.05, 4.69) is 6.92 Å². The minimum Gasteiger partial charge on any atom is -0.423 e. The van der Waals surface area contributed by atoms with Gasteiger partial charge in [-0.3, -0.25) is 0 Å². The topological polar surface area (TPSA) is 61.3 Å². The SMILES string of the molecule is CCc1ccc(OC(=O)c2ccccc2)cc1.N.S. The summed E-state index contributed by atoms with van der Waals surface area (Å²) in [6.07, 6.45) is 0.979. The molecule has 2 aromatic carbocycles. The summed E-state index contributed by atoms with van der Waals surface area (Å²) in [5.74, 6) is 0.255. The minimum absolute atomic E-state index is 0. The van der Waals surface area contributed by atoms with Gasteiger partial charge in [0, 0.05) is 0 Å². The Kier molecular flexibility index (Phi) is 7.56. The molecule has 0 saturated heterocycles. The van der Waals surface area contributed by atoms with Gasteiger partial charge in [0.15, 0.2) is 0 Å². The summed E-state index contributed by atoms with van der Waals surface area (Å²) >= 11 is 0. The zero-order valence-electron chi connectivity index (χ0n) is 10.9. The van der Waals surface area contributed by atoms with Gasteiger partial charge in [0.2, 0.25) is 0 Å². The summed E-state index contributed by atoms with van der Waals surface area (Å²) < 4.78 is 5.26. The number of benzene rings is 2. The molecule has 0 spiro atoms. The standard InChI is InChI=1S/C15H14O2.H3N.H2S/c1-2-12-8-10-14(11-9-12)17-15(16)13-6-4-3-5-7-13;;/h3-11H,2H2,1H3;1H3;1H2. The van der Waals surface area contributed by atoms with E-state index in [1.54, 1.807) is 12.1 Å². The van der Waals surface area contributed by atoms with Crippen molar-refractivity contribution in [1.29, 1.82) is 0 Å². The second-order valence-electron chi connectivity index (χ2n) is 3.75. The third kappa shape index (κ3) is 4.77. The van der Waals surface area contributed by atoms with Gasteiger partial charge in [-0.25, -0.2) is 4.79 Å². The molecule has 0 radical (unpaired) electrons. The first-order valence-corrected chi connectivity index (χ1v) is 5.66. The third-order valence-electron chi connectivity index (χ3n) is 2.55. The number of aryl methyl sites for hydroxylation is 1. The van der Waals surface area contributed by atoms with E-state index in [9.17, 15) is 4.79 Å². The maximum atomic E-state index is 11.7. The maximum Gasteiger partial charge on any atom is 0.343 e. The lowest BCUT2D eigenvalue weighted by atomic mass is 10.2. The van der Waals surface area contributed by atoms with E-state index < -0.39 is 0 Å². The highest BCUT2D eigenvalue weighted by Crippen LogP contribution is 2.14. The average molecular weight is 277 g/mol. The second-order valence-corrected chi connectivity index (χ2v) is 3.75. The predicted octanol–water partition coefficient (Wildman–Crippen LogP) is 3.74. The van der Waals surface area contributed by atoms with Crippen LogP contribution in [0.1, 0.15) is 22.8 Å².